The van der Waals surface area contributed by atoms with E-state index >= 15 is 0 Å². The highest BCUT2D eigenvalue weighted by atomic mass is 16.2. The zero-order valence-corrected chi connectivity index (χ0v) is 9.29. The number of benzene rings is 1. The number of nitrogens with one attached hydrogen (secondary N) is 2. The Bertz CT molecular complexity index is 363. The molecule has 0 aliphatic rings. The number of carbonyl (C=O) groups excluding carboxylic acids is 1. The monoisotopic (exact) mass is 207 g/mol. The van der Waals surface area contributed by atoms with Crippen LogP contribution in [0.4, 0.5) is 0 Å². The van der Waals surface area contributed by atoms with Crippen molar-refractivity contribution in [1.82, 2.24) is 10.9 Å². The zero-order valence-electron chi connectivity index (χ0n) is 9.29. The van der Waals surface area contributed by atoms with Crippen LogP contribution in [0.1, 0.15) is 22.7 Å². The van der Waals surface area contributed by atoms with Crippen molar-refractivity contribution in [2.24, 2.45) is 5.73 Å². The minimum atomic E-state index is -0.627. The topological polar surface area (TPSA) is 67.1 Å². The van der Waals surface area contributed by atoms with Gasteiger partial charge in [0, 0.05) is 7.05 Å². The van der Waals surface area contributed by atoms with Gasteiger partial charge in [-0.1, -0.05) is 23.8 Å². The van der Waals surface area contributed by atoms with E-state index in [1.807, 2.05) is 32.0 Å². The lowest BCUT2D eigenvalue weighted by Gasteiger charge is -2.14. The van der Waals surface area contributed by atoms with Crippen LogP contribution in [0.3, 0.4) is 0 Å². The Balaban J connectivity index is 2.94. The Morgan fingerprint density at radius 1 is 1.40 bits per heavy atom. The van der Waals surface area contributed by atoms with Crippen molar-refractivity contribution in [3.8, 4) is 0 Å². The van der Waals surface area contributed by atoms with Gasteiger partial charge in [0.15, 0.2) is 0 Å². The van der Waals surface area contributed by atoms with Crippen molar-refractivity contribution in [3.63, 3.8) is 0 Å². The molecule has 0 saturated heterocycles. The lowest BCUT2D eigenvalue weighted by atomic mass is 9.99. The maximum absolute atomic E-state index is 11.5. The van der Waals surface area contributed by atoms with Gasteiger partial charge in [-0.05, 0) is 25.0 Å². The van der Waals surface area contributed by atoms with Gasteiger partial charge in [-0.2, -0.15) is 0 Å². The Morgan fingerprint density at radius 3 is 2.67 bits per heavy atom. The molecule has 0 fully saturated rings. The van der Waals surface area contributed by atoms with Crippen molar-refractivity contribution < 1.29 is 4.79 Å². The summed E-state index contributed by atoms with van der Waals surface area (Å²) in [5.74, 6) is -0.230. The normalized spacial score (nSPS) is 12.3. The quantitative estimate of drug-likeness (QED) is 0.634. The Hall–Kier alpha value is -1.39. The molecule has 1 amide bonds. The lowest BCUT2D eigenvalue weighted by Crippen LogP contribution is -2.41. The molecule has 1 rings (SSSR count). The van der Waals surface area contributed by atoms with Crippen LogP contribution in [0, 0.1) is 13.8 Å². The molecule has 1 aromatic rings. The largest absolute Gasteiger partial charge is 0.316 e. The standard InChI is InChI=1S/C11H17N3O/c1-7-4-5-8(2)9(6-7)10(12)11(15)14-13-3/h4-6,10,13H,12H2,1-3H3,(H,14,15). The van der Waals surface area contributed by atoms with Crippen LogP contribution in [0.15, 0.2) is 18.2 Å². The maximum atomic E-state index is 11.5. The average Bonchev–Trinajstić information content (AvgIpc) is 2.21. The lowest BCUT2D eigenvalue weighted by molar-refractivity contribution is -0.123. The molecule has 4 heteroatoms. The summed E-state index contributed by atoms with van der Waals surface area (Å²) in [6, 6.07) is 5.28. The summed E-state index contributed by atoms with van der Waals surface area (Å²) in [5, 5.41) is 0. The molecule has 1 unspecified atom stereocenters. The molecular weight excluding hydrogens is 190 g/mol. The fourth-order valence-corrected chi connectivity index (χ4v) is 1.44. The first-order valence-electron chi connectivity index (χ1n) is 4.85. The van der Waals surface area contributed by atoms with Gasteiger partial charge in [0.25, 0.3) is 5.91 Å². The highest BCUT2D eigenvalue weighted by molar-refractivity contribution is 5.82. The molecule has 4 N–H and O–H groups in total. The Morgan fingerprint density at radius 2 is 2.07 bits per heavy atom. The molecular formula is C11H17N3O. The maximum Gasteiger partial charge on any atom is 0.255 e. The van der Waals surface area contributed by atoms with Crippen molar-refractivity contribution in [1.29, 1.82) is 0 Å². The smallest absolute Gasteiger partial charge is 0.255 e. The summed E-state index contributed by atoms with van der Waals surface area (Å²) in [6.45, 7) is 3.92. The summed E-state index contributed by atoms with van der Waals surface area (Å²) < 4.78 is 0. The SMILES string of the molecule is CNNC(=O)C(N)c1cc(C)ccc1C. The van der Waals surface area contributed by atoms with E-state index in [4.69, 9.17) is 5.73 Å². The van der Waals surface area contributed by atoms with Gasteiger partial charge in [0.1, 0.15) is 6.04 Å². The van der Waals surface area contributed by atoms with Gasteiger partial charge >= 0.3 is 0 Å². The van der Waals surface area contributed by atoms with E-state index in [2.05, 4.69) is 10.9 Å². The van der Waals surface area contributed by atoms with E-state index in [1.54, 1.807) is 7.05 Å². The molecule has 0 saturated carbocycles. The van der Waals surface area contributed by atoms with Gasteiger partial charge in [0.2, 0.25) is 0 Å². The number of rotatable bonds is 3. The minimum absolute atomic E-state index is 0.230. The number of hydrogen-bond acceptors (Lipinski definition) is 3. The van der Waals surface area contributed by atoms with Crippen LogP contribution in [0.2, 0.25) is 0 Å². The van der Waals surface area contributed by atoms with E-state index in [1.165, 1.54) is 0 Å². The fourth-order valence-electron chi connectivity index (χ4n) is 1.44. The third kappa shape index (κ3) is 2.78. The second-order valence-corrected chi connectivity index (χ2v) is 3.58. The molecule has 4 nitrogen and oxygen atoms in total. The summed E-state index contributed by atoms with van der Waals surface area (Å²) in [6.07, 6.45) is 0. The van der Waals surface area contributed by atoms with Crippen LogP contribution < -0.4 is 16.6 Å². The zero-order chi connectivity index (χ0) is 11.4. The third-order valence-electron chi connectivity index (χ3n) is 2.30. The fraction of sp³-hybridized carbons (Fsp3) is 0.364. The number of aryl methyl sites for hydroxylation is 2. The molecule has 15 heavy (non-hydrogen) atoms. The highest BCUT2D eigenvalue weighted by Crippen LogP contribution is 2.17. The molecule has 0 radical (unpaired) electrons. The van der Waals surface area contributed by atoms with Crippen LogP contribution in [0.25, 0.3) is 0 Å². The van der Waals surface area contributed by atoms with E-state index in [-0.39, 0.29) is 5.91 Å². The summed E-state index contributed by atoms with van der Waals surface area (Å²) in [7, 11) is 1.63. The highest BCUT2D eigenvalue weighted by Gasteiger charge is 2.16. The van der Waals surface area contributed by atoms with Crippen LogP contribution in [-0.4, -0.2) is 13.0 Å². The molecule has 0 aromatic heterocycles. The number of hydrazine groups is 1. The van der Waals surface area contributed by atoms with Crippen molar-refractivity contribution in [2.45, 2.75) is 19.9 Å². The van der Waals surface area contributed by atoms with Gasteiger partial charge < -0.3 is 5.73 Å². The minimum Gasteiger partial charge on any atom is -0.316 e. The summed E-state index contributed by atoms with van der Waals surface area (Å²) in [5.41, 5.74) is 13.9. The van der Waals surface area contributed by atoms with Gasteiger partial charge in [-0.25, -0.2) is 5.43 Å². The summed E-state index contributed by atoms with van der Waals surface area (Å²) in [4.78, 5) is 11.5. The number of hydrogen-bond donors (Lipinski definition) is 3. The predicted octanol–water partition coefficient (Wildman–Crippen LogP) is 0.554. The number of nitrogens with two attached hydrogens (primary N) is 1. The molecule has 0 heterocycles. The van der Waals surface area contributed by atoms with Gasteiger partial charge in [-0.3, -0.25) is 10.2 Å². The van der Waals surface area contributed by atoms with Crippen molar-refractivity contribution in [3.05, 3.63) is 34.9 Å². The second kappa shape index (κ2) is 4.91. The molecule has 0 bridgehead atoms. The van der Waals surface area contributed by atoms with Crippen LogP contribution >= 0.6 is 0 Å². The molecule has 82 valence electrons. The van der Waals surface area contributed by atoms with Crippen LogP contribution in [-0.2, 0) is 4.79 Å². The first-order chi connectivity index (χ1) is 7.06. The predicted molar refractivity (Wildman–Crippen MR) is 60.0 cm³/mol. The Kier molecular flexibility index (Phi) is 3.82. The first kappa shape index (κ1) is 11.7. The van der Waals surface area contributed by atoms with Gasteiger partial charge in [0.05, 0.1) is 0 Å². The molecule has 0 aliphatic heterocycles. The Labute approximate surface area is 89.8 Å². The molecule has 0 aliphatic carbocycles. The van der Waals surface area contributed by atoms with E-state index < -0.39 is 6.04 Å². The molecule has 1 aromatic carbocycles. The second-order valence-electron chi connectivity index (χ2n) is 3.58. The van der Waals surface area contributed by atoms with Crippen molar-refractivity contribution in [2.75, 3.05) is 7.05 Å². The number of carbonyl (C=O) groups is 1. The third-order valence-corrected chi connectivity index (χ3v) is 2.30. The van der Waals surface area contributed by atoms with Gasteiger partial charge in [-0.15, -0.1) is 0 Å². The van der Waals surface area contributed by atoms with E-state index in [0.717, 1.165) is 16.7 Å². The van der Waals surface area contributed by atoms with Crippen molar-refractivity contribution >= 4 is 5.91 Å². The molecule has 1 atom stereocenters. The molecule has 0 spiro atoms. The average molecular weight is 207 g/mol. The number of amides is 1. The van der Waals surface area contributed by atoms with Crippen LogP contribution in [0.5, 0.6) is 0 Å². The van der Waals surface area contributed by atoms with E-state index in [9.17, 15) is 4.79 Å². The summed E-state index contributed by atoms with van der Waals surface area (Å²) >= 11 is 0. The first-order valence-corrected chi connectivity index (χ1v) is 4.85. The van der Waals surface area contributed by atoms with E-state index in [0.29, 0.717) is 0 Å².